The summed E-state index contributed by atoms with van der Waals surface area (Å²) in [7, 11) is 0. The fraction of sp³-hybridized carbons (Fsp3) is 0.444. The summed E-state index contributed by atoms with van der Waals surface area (Å²) in [6.45, 7) is 1.79. The van der Waals surface area contributed by atoms with Crippen LogP contribution in [0.3, 0.4) is 0 Å². The molecule has 0 amide bonds. The maximum absolute atomic E-state index is 12.1. The van der Waals surface area contributed by atoms with Gasteiger partial charge in [-0.25, -0.2) is 0 Å². The quantitative estimate of drug-likeness (QED) is 0.800. The number of rotatable bonds is 2. The third-order valence-corrected chi connectivity index (χ3v) is 1.67. The molecule has 0 aliphatic heterocycles. The minimum atomic E-state index is -4.37. The van der Waals surface area contributed by atoms with Gasteiger partial charge in [0.05, 0.1) is 0 Å². The highest BCUT2D eigenvalue weighted by Gasteiger charge is 2.31. The molecule has 1 atom stereocenters. The van der Waals surface area contributed by atoms with Crippen LogP contribution in [0.1, 0.15) is 18.2 Å². The summed E-state index contributed by atoms with van der Waals surface area (Å²) in [5.74, 6) is 0. The molecular formula is C9H11F3N2. The van der Waals surface area contributed by atoms with Crippen LogP contribution in [-0.4, -0.2) is 11.0 Å². The van der Waals surface area contributed by atoms with E-state index in [9.17, 15) is 13.2 Å². The number of aromatic nitrogens is 1. The topological polar surface area (TPSA) is 38.9 Å². The van der Waals surface area contributed by atoms with Crippen LogP contribution in [0.2, 0.25) is 0 Å². The summed E-state index contributed by atoms with van der Waals surface area (Å²) in [5, 5.41) is 0. The zero-order chi connectivity index (χ0) is 10.8. The van der Waals surface area contributed by atoms with E-state index in [1.54, 1.807) is 6.92 Å². The lowest BCUT2D eigenvalue weighted by molar-refractivity contribution is -0.141. The van der Waals surface area contributed by atoms with Gasteiger partial charge in [0.1, 0.15) is 5.69 Å². The number of nitrogens with zero attached hydrogens (tertiary/aromatic N) is 1. The van der Waals surface area contributed by atoms with E-state index in [4.69, 9.17) is 5.73 Å². The second-order valence-electron chi connectivity index (χ2n) is 3.23. The molecule has 5 heteroatoms. The normalized spacial score (nSPS) is 14.1. The van der Waals surface area contributed by atoms with Gasteiger partial charge < -0.3 is 5.73 Å². The first kappa shape index (κ1) is 11.0. The molecule has 0 aliphatic carbocycles. The molecule has 1 aromatic rings. The number of hydrogen-bond donors (Lipinski definition) is 1. The molecule has 78 valence electrons. The van der Waals surface area contributed by atoms with Gasteiger partial charge in [0.2, 0.25) is 0 Å². The first-order valence-electron chi connectivity index (χ1n) is 4.17. The van der Waals surface area contributed by atoms with Crippen LogP contribution >= 0.6 is 0 Å². The second-order valence-corrected chi connectivity index (χ2v) is 3.23. The van der Waals surface area contributed by atoms with E-state index < -0.39 is 11.9 Å². The molecule has 0 fully saturated rings. The molecule has 0 aliphatic rings. The number of halogens is 3. The number of alkyl halides is 3. The van der Waals surface area contributed by atoms with E-state index in [-0.39, 0.29) is 6.04 Å². The molecule has 0 radical (unpaired) electrons. The van der Waals surface area contributed by atoms with Crippen LogP contribution in [0, 0.1) is 0 Å². The minimum absolute atomic E-state index is 0.0754. The predicted molar refractivity (Wildman–Crippen MR) is 46.6 cm³/mol. The van der Waals surface area contributed by atoms with Crippen molar-refractivity contribution in [1.82, 2.24) is 4.98 Å². The lowest BCUT2D eigenvalue weighted by Gasteiger charge is -2.07. The van der Waals surface area contributed by atoms with Crippen molar-refractivity contribution < 1.29 is 13.2 Å². The minimum Gasteiger partial charge on any atom is -0.328 e. The Kier molecular flexibility index (Phi) is 3.10. The first-order valence-corrected chi connectivity index (χ1v) is 4.17. The van der Waals surface area contributed by atoms with Crippen LogP contribution in [0.4, 0.5) is 13.2 Å². The predicted octanol–water partition coefficient (Wildman–Crippen LogP) is 1.99. The average molecular weight is 204 g/mol. The van der Waals surface area contributed by atoms with Gasteiger partial charge in [-0.2, -0.15) is 13.2 Å². The second kappa shape index (κ2) is 3.96. The molecule has 1 unspecified atom stereocenters. The number of nitrogens with two attached hydrogens (primary N) is 1. The van der Waals surface area contributed by atoms with E-state index in [1.165, 1.54) is 12.3 Å². The highest BCUT2D eigenvalue weighted by atomic mass is 19.4. The summed E-state index contributed by atoms with van der Waals surface area (Å²) >= 11 is 0. The van der Waals surface area contributed by atoms with Crippen molar-refractivity contribution in [3.8, 4) is 0 Å². The molecule has 0 saturated carbocycles. The molecule has 0 aromatic carbocycles. The summed E-state index contributed by atoms with van der Waals surface area (Å²) in [6, 6.07) is 2.30. The van der Waals surface area contributed by atoms with Gasteiger partial charge in [-0.3, -0.25) is 4.98 Å². The standard InChI is InChI=1S/C9H11F3N2/c1-6(13)4-7-2-3-8(14-5-7)9(10,11)12/h2-3,5-6H,4,13H2,1H3. The molecule has 1 aromatic heterocycles. The zero-order valence-corrected chi connectivity index (χ0v) is 7.67. The smallest absolute Gasteiger partial charge is 0.328 e. The summed E-state index contributed by atoms with van der Waals surface area (Å²) in [6.07, 6.45) is -2.62. The SMILES string of the molecule is CC(N)Cc1ccc(C(F)(F)F)nc1. The van der Waals surface area contributed by atoms with Crippen molar-refractivity contribution in [3.63, 3.8) is 0 Å². The van der Waals surface area contributed by atoms with Gasteiger partial charge >= 0.3 is 6.18 Å². The molecule has 0 spiro atoms. The first-order chi connectivity index (χ1) is 6.39. The van der Waals surface area contributed by atoms with E-state index in [0.717, 1.165) is 6.07 Å². The average Bonchev–Trinajstić information content (AvgIpc) is 2.02. The van der Waals surface area contributed by atoms with Crippen molar-refractivity contribution in [2.75, 3.05) is 0 Å². The molecule has 0 saturated heterocycles. The Bertz CT molecular complexity index is 290. The Morgan fingerprint density at radius 2 is 2.07 bits per heavy atom. The Balaban J connectivity index is 2.79. The molecule has 14 heavy (non-hydrogen) atoms. The summed E-state index contributed by atoms with van der Waals surface area (Å²) in [5.41, 5.74) is 5.34. The Morgan fingerprint density at radius 1 is 1.43 bits per heavy atom. The van der Waals surface area contributed by atoms with Gasteiger partial charge in [0.25, 0.3) is 0 Å². The van der Waals surface area contributed by atoms with Crippen molar-refractivity contribution >= 4 is 0 Å². The molecular weight excluding hydrogens is 193 g/mol. The van der Waals surface area contributed by atoms with Crippen LogP contribution < -0.4 is 5.73 Å². The van der Waals surface area contributed by atoms with Gasteiger partial charge in [-0.05, 0) is 25.0 Å². The van der Waals surface area contributed by atoms with Crippen LogP contribution in [-0.2, 0) is 12.6 Å². The third-order valence-electron chi connectivity index (χ3n) is 1.67. The van der Waals surface area contributed by atoms with Crippen molar-refractivity contribution in [2.24, 2.45) is 5.73 Å². The zero-order valence-electron chi connectivity index (χ0n) is 7.67. The number of pyridine rings is 1. The van der Waals surface area contributed by atoms with Gasteiger partial charge in [0, 0.05) is 12.2 Å². The number of hydrogen-bond acceptors (Lipinski definition) is 2. The van der Waals surface area contributed by atoms with Crippen LogP contribution in [0.25, 0.3) is 0 Å². The van der Waals surface area contributed by atoms with Gasteiger partial charge in [-0.15, -0.1) is 0 Å². The molecule has 1 rings (SSSR count). The van der Waals surface area contributed by atoms with E-state index >= 15 is 0 Å². The molecule has 2 N–H and O–H groups in total. The Morgan fingerprint density at radius 3 is 2.43 bits per heavy atom. The lowest BCUT2D eigenvalue weighted by atomic mass is 10.1. The summed E-state index contributed by atoms with van der Waals surface area (Å²) in [4.78, 5) is 3.32. The maximum Gasteiger partial charge on any atom is 0.433 e. The highest BCUT2D eigenvalue weighted by Crippen LogP contribution is 2.27. The van der Waals surface area contributed by atoms with Crippen molar-refractivity contribution in [1.29, 1.82) is 0 Å². The van der Waals surface area contributed by atoms with E-state index in [0.29, 0.717) is 12.0 Å². The third kappa shape index (κ3) is 2.99. The van der Waals surface area contributed by atoms with Crippen molar-refractivity contribution in [3.05, 3.63) is 29.6 Å². The largest absolute Gasteiger partial charge is 0.433 e. The Labute approximate surface area is 79.9 Å². The highest BCUT2D eigenvalue weighted by molar-refractivity contribution is 5.16. The van der Waals surface area contributed by atoms with Crippen LogP contribution in [0.5, 0.6) is 0 Å². The molecule has 2 nitrogen and oxygen atoms in total. The molecule has 1 heterocycles. The van der Waals surface area contributed by atoms with Gasteiger partial charge in [0.15, 0.2) is 0 Å². The lowest BCUT2D eigenvalue weighted by Crippen LogP contribution is -2.18. The van der Waals surface area contributed by atoms with E-state index in [2.05, 4.69) is 4.98 Å². The fourth-order valence-corrected chi connectivity index (χ4v) is 1.08. The van der Waals surface area contributed by atoms with E-state index in [1.807, 2.05) is 0 Å². The summed E-state index contributed by atoms with van der Waals surface area (Å²) < 4.78 is 36.3. The van der Waals surface area contributed by atoms with Gasteiger partial charge in [-0.1, -0.05) is 6.07 Å². The monoisotopic (exact) mass is 204 g/mol. The Hall–Kier alpha value is -1.10. The molecule has 0 bridgehead atoms. The maximum atomic E-state index is 12.1. The van der Waals surface area contributed by atoms with Crippen LogP contribution in [0.15, 0.2) is 18.3 Å². The van der Waals surface area contributed by atoms with Crippen molar-refractivity contribution in [2.45, 2.75) is 25.6 Å². The fourth-order valence-electron chi connectivity index (χ4n) is 1.08.